The van der Waals surface area contributed by atoms with Crippen LogP contribution in [0.25, 0.3) is 10.2 Å². The van der Waals surface area contributed by atoms with Gasteiger partial charge in [-0.05, 0) is 12.1 Å². The number of fused-ring (bicyclic) bond motifs is 1. The number of carboxylic acids is 1. The fourth-order valence-corrected chi connectivity index (χ4v) is 3.43. The third-order valence-corrected chi connectivity index (χ3v) is 4.73. The minimum absolute atomic E-state index is 0.0445. The summed E-state index contributed by atoms with van der Waals surface area (Å²) in [6, 6.07) is 10.6. The molecule has 2 aromatic carbocycles. The van der Waals surface area contributed by atoms with Crippen LogP contribution in [0.15, 0.2) is 42.5 Å². The molecule has 1 aromatic heterocycles. The van der Waals surface area contributed by atoms with E-state index in [1.54, 1.807) is 30.3 Å². The van der Waals surface area contributed by atoms with Crippen molar-refractivity contribution in [3.8, 4) is 0 Å². The van der Waals surface area contributed by atoms with Gasteiger partial charge in [-0.15, -0.1) is 11.3 Å². The third-order valence-electron chi connectivity index (χ3n) is 3.67. The molecule has 1 N–H and O–H groups in total. The normalized spacial score (nSPS) is 10.8. The zero-order valence-electron chi connectivity index (χ0n) is 13.5. The molecule has 134 valence electrons. The molecule has 0 aliphatic carbocycles. The predicted octanol–water partition coefficient (Wildman–Crippen LogP) is 3.97. The number of thiazole rings is 1. The Morgan fingerprint density at radius 3 is 2.54 bits per heavy atom. The molecule has 1 heterocycles. The Morgan fingerprint density at radius 2 is 1.85 bits per heavy atom. The smallest absolute Gasteiger partial charge is 0.303 e. The molecular weight excluding hydrogens is 362 g/mol. The molecule has 0 saturated carbocycles. The number of anilines is 1. The van der Waals surface area contributed by atoms with Gasteiger partial charge in [-0.2, -0.15) is 0 Å². The Labute approximate surface area is 151 Å². The second-order valence-corrected chi connectivity index (χ2v) is 6.64. The lowest BCUT2D eigenvalue weighted by Crippen LogP contribution is -2.30. The maximum Gasteiger partial charge on any atom is 0.303 e. The number of carbonyl (C=O) groups excluding carboxylic acids is 1. The van der Waals surface area contributed by atoms with Crippen molar-refractivity contribution < 1.29 is 23.5 Å². The number of halogens is 2. The number of aromatic nitrogens is 1. The number of carboxylic acid groups (broad SMARTS) is 1. The van der Waals surface area contributed by atoms with Gasteiger partial charge in [-0.25, -0.2) is 13.8 Å². The number of nitrogens with zero attached hydrogens (tertiary/aromatic N) is 2. The number of hydrogen-bond donors (Lipinski definition) is 1. The molecule has 0 aliphatic rings. The lowest BCUT2D eigenvalue weighted by atomic mass is 10.2. The van der Waals surface area contributed by atoms with Gasteiger partial charge in [0.2, 0.25) is 5.91 Å². The average Bonchev–Trinajstić information content (AvgIpc) is 3.01. The van der Waals surface area contributed by atoms with E-state index in [2.05, 4.69) is 4.98 Å². The van der Waals surface area contributed by atoms with Crippen LogP contribution in [0, 0.1) is 11.6 Å². The van der Waals surface area contributed by atoms with Crippen LogP contribution in [-0.2, 0) is 16.1 Å². The first-order valence-corrected chi connectivity index (χ1v) is 8.57. The molecular formula is C18H14F2N2O3S. The zero-order chi connectivity index (χ0) is 18.7. The van der Waals surface area contributed by atoms with Crippen LogP contribution in [0.1, 0.15) is 17.8 Å². The number of benzene rings is 2. The van der Waals surface area contributed by atoms with Crippen LogP contribution in [0.2, 0.25) is 0 Å². The summed E-state index contributed by atoms with van der Waals surface area (Å²) in [5, 5.41) is 9.23. The fourth-order valence-electron chi connectivity index (χ4n) is 2.49. The molecule has 0 atom stereocenters. The lowest BCUT2D eigenvalue weighted by Gasteiger charge is -2.21. The highest BCUT2D eigenvalue weighted by Gasteiger charge is 2.20. The van der Waals surface area contributed by atoms with Crippen LogP contribution >= 0.6 is 11.3 Å². The molecule has 0 radical (unpaired) electrons. The molecule has 0 bridgehead atoms. The van der Waals surface area contributed by atoms with E-state index in [0.717, 1.165) is 23.5 Å². The first kappa shape index (κ1) is 17.9. The Balaban J connectivity index is 1.91. The van der Waals surface area contributed by atoms with Crippen molar-refractivity contribution >= 4 is 39.1 Å². The molecule has 0 aliphatic heterocycles. The number of aliphatic carboxylic acids is 1. The number of amides is 1. The molecule has 0 unspecified atom stereocenters. The highest BCUT2D eigenvalue weighted by atomic mass is 32.1. The number of hydrogen-bond acceptors (Lipinski definition) is 4. The SMILES string of the molecule is O=C(O)CCC(=O)N(Cc1nc2cc(F)cc(F)c2s1)c1ccccc1. The molecule has 3 aromatic rings. The van der Waals surface area contributed by atoms with Crippen molar-refractivity contribution in [3.63, 3.8) is 0 Å². The molecule has 0 saturated heterocycles. The van der Waals surface area contributed by atoms with Gasteiger partial charge in [-0.3, -0.25) is 9.59 Å². The van der Waals surface area contributed by atoms with Crippen LogP contribution in [-0.4, -0.2) is 22.0 Å². The van der Waals surface area contributed by atoms with Gasteiger partial charge in [0.25, 0.3) is 0 Å². The maximum atomic E-state index is 13.9. The van der Waals surface area contributed by atoms with Crippen LogP contribution < -0.4 is 4.90 Å². The van der Waals surface area contributed by atoms with Gasteiger partial charge in [0.1, 0.15) is 16.6 Å². The highest BCUT2D eigenvalue weighted by molar-refractivity contribution is 7.18. The third kappa shape index (κ3) is 4.02. The molecule has 26 heavy (non-hydrogen) atoms. The summed E-state index contributed by atoms with van der Waals surface area (Å²) >= 11 is 1.03. The minimum Gasteiger partial charge on any atom is -0.481 e. The maximum absolute atomic E-state index is 13.9. The largest absolute Gasteiger partial charge is 0.481 e. The standard InChI is InChI=1S/C18H14F2N2O3S/c19-11-8-13(20)18-14(9-11)21-15(26-18)10-22(12-4-2-1-3-5-12)16(23)6-7-17(24)25/h1-5,8-9H,6-7,10H2,(H,24,25). The van der Waals surface area contributed by atoms with E-state index in [1.165, 1.54) is 4.90 Å². The second kappa shape index (κ2) is 7.57. The predicted molar refractivity (Wildman–Crippen MR) is 94.0 cm³/mol. The van der Waals surface area contributed by atoms with Crippen molar-refractivity contribution in [2.75, 3.05) is 4.90 Å². The van der Waals surface area contributed by atoms with Crippen molar-refractivity contribution in [1.29, 1.82) is 0 Å². The summed E-state index contributed by atoms with van der Waals surface area (Å²) in [4.78, 5) is 28.8. The fraction of sp³-hybridized carbons (Fsp3) is 0.167. The highest BCUT2D eigenvalue weighted by Crippen LogP contribution is 2.28. The van der Waals surface area contributed by atoms with Gasteiger partial charge in [0, 0.05) is 24.2 Å². The first-order chi connectivity index (χ1) is 12.4. The molecule has 0 spiro atoms. The summed E-state index contributed by atoms with van der Waals surface area (Å²) in [5.74, 6) is -2.87. The zero-order valence-corrected chi connectivity index (χ0v) is 14.3. The number of para-hydroxylation sites is 1. The van der Waals surface area contributed by atoms with E-state index in [-0.39, 0.29) is 35.5 Å². The quantitative estimate of drug-likeness (QED) is 0.707. The summed E-state index contributed by atoms with van der Waals surface area (Å²) in [7, 11) is 0. The van der Waals surface area contributed by atoms with E-state index in [4.69, 9.17) is 5.11 Å². The Morgan fingerprint density at radius 1 is 1.12 bits per heavy atom. The summed E-state index contributed by atoms with van der Waals surface area (Å²) in [6.07, 6.45) is -0.458. The second-order valence-electron chi connectivity index (χ2n) is 5.55. The van der Waals surface area contributed by atoms with Gasteiger partial charge >= 0.3 is 5.97 Å². The number of carbonyl (C=O) groups is 2. The van der Waals surface area contributed by atoms with E-state index < -0.39 is 17.6 Å². The monoisotopic (exact) mass is 376 g/mol. The summed E-state index contributed by atoms with van der Waals surface area (Å²) in [5.41, 5.74) is 0.766. The van der Waals surface area contributed by atoms with Gasteiger partial charge in [0.05, 0.1) is 23.2 Å². The molecule has 1 amide bonds. The van der Waals surface area contributed by atoms with Crippen molar-refractivity contribution in [3.05, 3.63) is 59.1 Å². The van der Waals surface area contributed by atoms with Crippen molar-refractivity contribution in [1.82, 2.24) is 4.98 Å². The van der Waals surface area contributed by atoms with Crippen molar-refractivity contribution in [2.24, 2.45) is 0 Å². The summed E-state index contributed by atoms with van der Waals surface area (Å²) < 4.78 is 27.4. The lowest BCUT2D eigenvalue weighted by molar-refractivity contribution is -0.138. The van der Waals surface area contributed by atoms with Crippen LogP contribution in [0.4, 0.5) is 14.5 Å². The first-order valence-electron chi connectivity index (χ1n) is 7.75. The average molecular weight is 376 g/mol. The minimum atomic E-state index is -1.07. The van der Waals surface area contributed by atoms with Gasteiger partial charge < -0.3 is 10.0 Å². The van der Waals surface area contributed by atoms with Gasteiger partial charge in [-0.1, -0.05) is 18.2 Å². The molecule has 8 heteroatoms. The Bertz CT molecular complexity index is 960. The van der Waals surface area contributed by atoms with E-state index >= 15 is 0 Å². The molecule has 3 rings (SSSR count). The summed E-state index contributed by atoms with van der Waals surface area (Å²) in [6.45, 7) is 0.0445. The van der Waals surface area contributed by atoms with E-state index in [9.17, 15) is 18.4 Å². The molecule has 0 fully saturated rings. The van der Waals surface area contributed by atoms with Gasteiger partial charge in [0.15, 0.2) is 0 Å². The van der Waals surface area contributed by atoms with Crippen LogP contribution in [0.3, 0.4) is 0 Å². The topological polar surface area (TPSA) is 70.5 Å². The van der Waals surface area contributed by atoms with Crippen LogP contribution in [0.5, 0.6) is 0 Å². The van der Waals surface area contributed by atoms with E-state index in [1.807, 2.05) is 0 Å². The Hall–Kier alpha value is -2.87. The van der Waals surface area contributed by atoms with E-state index in [0.29, 0.717) is 10.7 Å². The van der Waals surface area contributed by atoms with Crippen molar-refractivity contribution in [2.45, 2.75) is 19.4 Å². The Kier molecular flexibility index (Phi) is 5.22. The number of rotatable bonds is 6. The molecule has 5 nitrogen and oxygen atoms in total.